The number of nitrogens with one attached hydrogen (secondary N) is 1. The van der Waals surface area contributed by atoms with Crippen molar-refractivity contribution < 1.29 is 9.47 Å². The molecule has 5 heteroatoms. The van der Waals surface area contributed by atoms with Crippen LogP contribution >= 0.6 is 0 Å². The molecule has 0 saturated heterocycles. The molecule has 0 aliphatic heterocycles. The molecule has 2 aromatic rings. The molecular formula is C15H19N3O2. The average Bonchev–Trinajstić information content (AvgIpc) is 2.52. The van der Waals surface area contributed by atoms with Gasteiger partial charge in [-0.25, -0.2) is 9.97 Å². The third kappa shape index (κ3) is 3.45. The molecule has 5 nitrogen and oxygen atoms in total. The van der Waals surface area contributed by atoms with Crippen molar-refractivity contribution in [3.05, 3.63) is 47.9 Å². The van der Waals surface area contributed by atoms with Gasteiger partial charge in [0.1, 0.15) is 12.1 Å². The Labute approximate surface area is 119 Å². The summed E-state index contributed by atoms with van der Waals surface area (Å²) in [6.45, 7) is 0. The lowest BCUT2D eigenvalue weighted by molar-refractivity contribution is 0.394. The molecule has 0 bridgehead atoms. The highest BCUT2D eigenvalue weighted by Crippen LogP contribution is 2.21. The van der Waals surface area contributed by atoms with Crippen molar-refractivity contribution in [2.75, 3.05) is 21.3 Å². The molecule has 0 saturated carbocycles. The lowest BCUT2D eigenvalue weighted by atomic mass is 10.0. The lowest BCUT2D eigenvalue weighted by Gasteiger charge is -2.16. The molecule has 1 heterocycles. The topological polar surface area (TPSA) is 56.3 Å². The first-order chi connectivity index (χ1) is 9.76. The predicted octanol–water partition coefficient (Wildman–Crippen LogP) is 2.00. The monoisotopic (exact) mass is 273 g/mol. The van der Waals surface area contributed by atoms with Crippen molar-refractivity contribution in [3.8, 4) is 11.6 Å². The van der Waals surface area contributed by atoms with Gasteiger partial charge in [-0.3, -0.25) is 0 Å². The van der Waals surface area contributed by atoms with Crippen LogP contribution in [0, 0.1) is 0 Å². The second kappa shape index (κ2) is 6.86. The van der Waals surface area contributed by atoms with E-state index < -0.39 is 0 Å². The van der Waals surface area contributed by atoms with E-state index in [4.69, 9.17) is 9.47 Å². The van der Waals surface area contributed by atoms with Crippen LogP contribution < -0.4 is 14.8 Å². The molecule has 1 unspecified atom stereocenters. The largest absolute Gasteiger partial charge is 0.497 e. The van der Waals surface area contributed by atoms with E-state index in [1.165, 1.54) is 11.9 Å². The molecule has 0 aliphatic carbocycles. The molecule has 0 aliphatic rings. The number of nitrogens with zero attached hydrogens (tertiary/aromatic N) is 2. The molecule has 0 spiro atoms. The van der Waals surface area contributed by atoms with Gasteiger partial charge in [0, 0.05) is 6.07 Å². The number of hydrogen-bond acceptors (Lipinski definition) is 5. The number of aromatic nitrogens is 2. The maximum absolute atomic E-state index is 5.25. The van der Waals surface area contributed by atoms with Gasteiger partial charge in [0.25, 0.3) is 0 Å². The Morgan fingerprint density at radius 2 is 2.00 bits per heavy atom. The predicted molar refractivity (Wildman–Crippen MR) is 77.1 cm³/mol. The van der Waals surface area contributed by atoms with Gasteiger partial charge in [-0.15, -0.1) is 0 Å². The van der Waals surface area contributed by atoms with Crippen LogP contribution in [0.2, 0.25) is 0 Å². The Bertz CT molecular complexity index is 560. The molecule has 0 radical (unpaired) electrons. The van der Waals surface area contributed by atoms with Gasteiger partial charge in [-0.05, 0) is 31.2 Å². The molecule has 20 heavy (non-hydrogen) atoms. The fraction of sp³-hybridized carbons (Fsp3) is 0.333. The van der Waals surface area contributed by atoms with Crippen LogP contribution in [0.1, 0.15) is 17.3 Å². The van der Waals surface area contributed by atoms with E-state index in [9.17, 15) is 0 Å². The summed E-state index contributed by atoms with van der Waals surface area (Å²) in [7, 11) is 5.19. The summed E-state index contributed by atoms with van der Waals surface area (Å²) in [6, 6.07) is 9.97. The highest BCUT2D eigenvalue weighted by molar-refractivity contribution is 5.30. The molecule has 1 N–H and O–H groups in total. The number of likely N-dealkylation sites (N-methyl/N-ethyl adjacent to an activating group) is 1. The van der Waals surface area contributed by atoms with Crippen LogP contribution in [0.15, 0.2) is 36.7 Å². The van der Waals surface area contributed by atoms with Crippen LogP contribution in [0.3, 0.4) is 0 Å². The molecular weight excluding hydrogens is 254 g/mol. The Morgan fingerprint density at radius 3 is 2.70 bits per heavy atom. The Balaban J connectivity index is 2.19. The van der Waals surface area contributed by atoms with Crippen molar-refractivity contribution in [1.82, 2.24) is 15.3 Å². The zero-order valence-corrected chi connectivity index (χ0v) is 12.0. The number of ether oxygens (including phenoxy) is 2. The maximum atomic E-state index is 5.25. The van der Waals surface area contributed by atoms with Crippen LogP contribution in [0.4, 0.5) is 0 Å². The van der Waals surface area contributed by atoms with Crippen molar-refractivity contribution in [2.45, 2.75) is 12.5 Å². The first-order valence-corrected chi connectivity index (χ1v) is 6.43. The summed E-state index contributed by atoms with van der Waals surface area (Å²) in [5.41, 5.74) is 2.09. The number of benzene rings is 1. The minimum atomic E-state index is 0.0963. The number of rotatable bonds is 6. The summed E-state index contributed by atoms with van der Waals surface area (Å²) < 4.78 is 10.4. The quantitative estimate of drug-likeness (QED) is 0.872. The molecule has 1 atom stereocenters. The van der Waals surface area contributed by atoms with Gasteiger partial charge in [0.05, 0.1) is 26.0 Å². The van der Waals surface area contributed by atoms with E-state index in [2.05, 4.69) is 21.4 Å². The van der Waals surface area contributed by atoms with Crippen molar-refractivity contribution >= 4 is 0 Å². The summed E-state index contributed by atoms with van der Waals surface area (Å²) in [5, 5.41) is 3.27. The second-order valence-electron chi connectivity index (χ2n) is 4.38. The third-order valence-electron chi connectivity index (χ3n) is 3.15. The Hall–Kier alpha value is -2.14. The van der Waals surface area contributed by atoms with Gasteiger partial charge in [0.15, 0.2) is 0 Å². The van der Waals surface area contributed by atoms with Crippen molar-refractivity contribution in [2.24, 2.45) is 0 Å². The maximum Gasteiger partial charge on any atom is 0.216 e. The lowest BCUT2D eigenvalue weighted by Crippen LogP contribution is -2.20. The molecule has 1 aromatic heterocycles. The molecule has 0 fully saturated rings. The standard InChI is InChI=1S/C15H19N3O2/c1-16-13(14-9-15(20-3)18-10-17-14)8-11-5-4-6-12(7-11)19-2/h4-7,9-10,13,16H,8H2,1-3H3. The average molecular weight is 273 g/mol. The van der Waals surface area contributed by atoms with Crippen molar-refractivity contribution in [3.63, 3.8) is 0 Å². The van der Waals surface area contributed by atoms with E-state index in [-0.39, 0.29) is 6.04 Å². The summed E-state index contributed by atoms with van der Waals surface area (Å²) in [4.78, 5) is 8.34. The first kappa shape index (κ1) is 14.3. The summed E-state index contributed by atoms with van der Waals surface area (Å²) >= 11 is 0. The van der Waals surface area contributed by atoms with Gasteiger partial charge >= 0.3 is 0 Å². The zero-order chi connectivity index (χ0) is 14.4. The van der Waals surface area contributed by atoms with Gasteiger partial charge in [-0.2, -0.15) is 0 Å². The van der Waals surface area contributed by atoms with Crippen LogP contribution in [-0.2, 0) is 6.42 Å². The van der Waals surface area contributed by atoms with Crippen molar-refractivity contribution in [1.29, 1.82) is 0 Å². The second-order valence-corrected chi connectivity index (χ2v) is 4.38. The fourth-order valence-corrected chi connectivity index (χ4v) is 2.05. The summed E-state index contributed by atoms with van der Waals surface area (Å²) in [5.74, 6) is 1.43. The molecule has 106 valence electrons. The van der Waals surface area contributed by atoms with Gasteiger partial charge in [-0.1, -0.05) is 12.1 Å². The first-order valence-electron chi connectivity index (χ1n) is 6.43. The minimum Gasteiger partial charge on any atom is -0.497 e. The normalized spacial score (nSPS) is 11.9. The fourth-order valence-electron chi connectivity index (χ4n) is 2.05. The number of methoxy groups -OCH3 is 2. The van der Waals surface area contributed by atoms with Crippen LogP contribution in [0.25, 0.3) is 0 Å². The Morgan fingerprint density at radius 1 is 1.15 bits per heavy atom. The number of hydrogen-bond donors (Lipinski definition) is 1. The van der Waals surface area contributed by atoms with E-state index in [1.54, 1.807) is 14.2 Å². The molecule has 1 aromatic carbocycles. The van der Waals surface area contributed by atoms with Crippen LogP contribution in [-0.4, -0.2) is 31.2 Å². The molecule has 0 amide bonds. The van der Waals surface area contributed by atoms with E-state index in [1.807, 2.05) is 31.3 Å². The minimum absolute atomic E-state index is 0.0963. The van der Waals surface area contributed by atoms with E-state index >= 15 is 0 Å². The SMILES string of the molecule is CNC(Cc1cccc(OC)c1)c1cc(OC)ncn1. The summed E-state index contributed by atoms with van der Waals surface area (Å²) in [6.07, 6.45) is 2.33. The van der Waals surface area contributed by atoms with E-state index in [0.29, 0.717) is 5.88 Å². The highest BCUT2D eigenvalue weighted by Gasteiger charge is 2.13. The van der Waals surface area contributed by atoms with Gasteiger partial charge in [0.2, 0.25) is 5.88 Å². The van der Waals surface area contributed by atoms with E-state index in [0.717, 1.165) is 17.9 Å². The van der Waals surface area contributed by atoms with Crippen LogP contribution in [0.5, 0.6) is 11.6 Å². The smallest absolute Gasteiger partial charge is 0.216 e. The Kier molecular flexibility index (Phi) is 4.90. The molecule has 2 rings (SSSR count). The highest BCUT2D eigenvalue weighted by atomic mass is 16.5. The third-order valence-corrected chi connectivity index (χ3v) is 3.15. The zero-order valence-electron chi connectivity index (χ0n) is 12.0. The van der Waals surface area contributed by atoms with Gasteiger partial charge < -0.3 is 14.8 Å².